The van der Waals surface area contributed by atoms with Crippen LogP contribution >= 0.6 is 11.6 Å². The molecule has 0 aliphatic carbocycles. The summed E-state index contributed by atoms with van der Waals surface area (Å²) in [5.74, 6) is -1.29. The fourth-order valence-corrected chi connectivity index (χ4v) is 2.86. The van der Waals surface area contributed by atoms with E-state index >= 15 is 0 Å². The fraction of sp³-hybridized carbons (Fsp3) is 0.0455. The summed E-state index contributed by atoms with van der Waals surface area (Å²) in [5, 5.41) is 12.9. The number of hydrogen-bond donors (Lipinski definition) is 2. The van der Waals surface area contributed by atoms with Crippen LogP contribution in [0, 0.1) is 6.92 Å². The van der Waals surface area contributed by atoms with E-state index in [0.29, 0.717) is 21.8 Å². The predicted octanol–water partition coefficient (Wildman–Crippen LogP) is 4.46. The van der Waals surface area contributed by atoms with Crippen LogP contribution in [-0.4, -0.2) is 16.8 Å². The van der Waals surface area contributed by atoms with E-state index in [1.165, 1.54) is 19.1 Å². The lowest BCUT2D eigenvalue weighted by Crippen LogP contribution is -2.13. The molecule has 1 aromatic heterocycles. The van der Waals surface area contributed by atoms with Crippen LogP contribution in [0.15, 0.2) is 69.9 Å². The highest BCUT2D eigenvalue weighted by atomic mass is 35.5. The SMILES string of the molecule is Cc1cc(O)c(C(=O)/C=C/c2cccc(NC(=O)c3ccccc3Cl)c2)c(=O)o1. The highest BCUT2D eigenvalue weighted by Gasteiger charge is 2.16. The molecule has 0 bridgehead atoms. The van der Waals surface area contributed by atoms with Crippen molar-refractivity contribution < 1.29 is 19.1 Å². The van der Waals surface area contributed by atoms with E-state index in [9.17, 15) is 19.5 Å². The van der Waals surface area contributed by atoms with E-state index in [0.717, 1.165) is 6.08 Å². The average molecular weight is 410 g/mol. The zero-order valence-corrected chi connectivity index (χ0v) is 16.1. The number of ketones is 1. The number of carbonyl (C=O) groups excluding carboxylic acids is 2. The van der Waals surface area contributed by atoms with Crippen LogP contribution in [0.2, 0.25) is 5.02 Å². The summed E-state index contributed by atoms with van der Waals surface area (Å²) in [6.45, 7) is 1.49. The van der Waals surface area contributed by atoms with Crippen molar-refractivity contribution in [1.82, 2.24) is 0 Å². The minimum atomic E-state index is -0.905. The van der Waals surface area contributed by atoms with Gasteiger partial charge >= 0.3 is 5.63 Å². The van der Waals surface area contributed by atoms with Crippen molar-refractivity contribution in [2.24, 2.45) is 0 Å². The van der Waals surface area contributed by atoms with Crippen LogP contribution in [0.4, 0.5) is 5.69 Å². The molecular weight excluding hydrogens is 394 g/mol. The van der Waals surface area contributed by atoms with Gasteiger partial charge in [0.25, 0.3) is 5.91 Å². The molecule has 1 heterocycles. The fourth-order valence-electron chi connectivity index (χ4n) is 2.64. The molecule has 0 unspecified atom stereocenters. The Morgan fingerprint density at radius 2 is 1.86 bits per heavy atom. The van der Waals surface area contributed by atoms with Crippen LogP contribution in [0.5, 0.6) is 5.75 Å². The number of allylic oxidation sites excluding steroid dienone is 1. The second kappa shape index (κ2) is 8.58. The molecule has 0 saturated heterocycles. The molecule has 2 N–H and O–H groups in total. The van der Waals surface area contributed by atoms with Gasteiger partial charge in [-0.15, -0.1) is 0 Å². The molecule has 3 aromatic rings. The number of nitrogens with one attached hydrogen (secondary N) is 1. The first-order valence-corrected chi connectivity index (χ1v) is 8.95. The van der Waals surface area contributed by atoms with Gasteiger partial charge in [-0.1, -0.05) is 41.9 Å². The molecule has 0 saturated carbocycles. The van der Waals surface area contributed by atoms with Gasteiger partial charge in [0.2, 0.25) is 0 Å². The minimum Gasteiger partial charge on any atom is -0.507 e. The summed E-state index contributed by atoms with van der Waals surface area (Å²) < 4.78 is 4.85. The summed E-state index contributed by atoms with van der Waals surface area (Å²) in [7, 11) is 0. The third-order valence-corrected chi connectivity index (χ3v) is 4.32. The molecule has 6 nitrogen and oxygen atoms in total. The first-order chi connectivity index (χ1) is 13.8. The lowest BCUT2D eigenvalue weighted by atomic mass is 10.1. The van der Waals surface area contributed by atoms with Crippen LogP contribution in [0.3, 0.4) is 0 Å². The topological polar surface area (TPSA) is 96.6 Å². The van der Waals surface area contributed by atoms with E-state index in [4.69, 9.17) is 16.0 Å². The molecule has 0 aliphatic rings. The van der Waals surface area contributed by atoms with Crippen molar-refractivity contribution >= 4 is 35.1 Å². The summed E-state index contributed by atoms with van der Waals surface area (Å²) >= 11 is 6.03. The van der Waals surface area contributed by atoms with Crippen molar-refractivity contribution in [3.05, 3.63) is 98.6 Å². The van der Waals surface area contributed by atoms with E-state index in [1.807, 2.05) is 0 Å². The van der Waals surface area contributed by atoms with Gasteiger partial charge in [0.05, 0.1) is 10.6 Å². The van der Waals surface area contributed by atoms with E-state index in [1.54, 1.807) is 48.5 Å². The number of anilines is 1. The van der Waals surface area contributed by atoms with Crippen molar-refractivity contribution in [3.8, 4) is 5.75 Å². The Balaban J connectivity index is 1.78. The Labute approximate surface area is 171 Å². The molecule has 0 fully saturated rings. The van der Waals surface area contributed by atoms with Gasteiger partial charge in [-0.25, -0.2) is 4.79 Å². The largest absolute Gasteiger partial charge is 0.507 e. The van der Waals surface area contributed by atoms with E-state index in [-0.39, 0.29) is 11.7 Å². The lowest BCUT2D eigenvalue weighted by molar-refractivity contribution is 0.102. The molecule has 2 aromatic carbocycles. The smallest absolute Gasteiger partial charge is 0.351 e. The van der Waals surface area contributed by atoms with Gasteiger partial charge < -0.3 is 14.8 Å². The third-order valence-electron chi connectivity index (χ3n) is 3.99. The van der Waals surface area contributed by atoms with Gasteiger partial charge in [-0.05, 0) is 42.8 Å². The Hall–Kier alpha value is -3.64. The molecule has 0 aliphatic heterocycles. The quantitative estimate of drug-likeness (QED) is 0.479. The highest BCUT2D eigenvalue weighted by Crippen LogP contribution is 2.19. The maximum Gasteiger partial charge on any atom is 0.351 e. The predicted molar refractivity (Wildman–Crippen MR) is 111 cm³/mol. The Morgan fingerprint density at radius 1 is 1.10 bits per heavy atom. The van der Waals surface area contributed by atoms with Crippen molar-refractivity contribution in [1.29, 1.82) is 0 Å². The summed E-state index contributed by atoms with van der Waals surface area (Å²) in [5.41, 5.74) is 0.105. The zero-order chi connectivity index (χ0) is 21.0. The number of benzene rings is 2. The number of amides is 1. The van der Waals surface area contributed by atoms with Gasteiger partial charge in [0.1, 0.15) is 17.1 Å². The zero-order valence-electron chi connectivity index (χ0n) is 15.3. The summed E-state index contributed by atoms with van der Waals surface area (Å²) in [6, 6.07) is 14.6. The second-order valence-electron chi connectivity index (χ2n) is 6.16. The average Bonchev–Trinajstić information content (AvgIpc) is 2.66. The minimum absolute atomic E-state index is 0.204. The van der Waals surface area contributed by atoms with E-state index < -0.39 is 22.7 Å². The van der Waals surface area contributed by atoms with Crippen molar-refractivity contribution in [2.45, 2.75) is 6.92 Å². The van der Waals surface area contributed by atoms with E-state index in [2.05, 4.69) is 5.32 Å². The number of aryl methyl sites for hydroxylation is 1. The maximum atomic E-state index is 12.4. The number of rotatable bonds is 5. The Morgan fingerprint density at radius 3 is 2.59 bits per heavy atom. The molecule has 29 heavy (non-hydrogen) atoms. The third kappa shape index (κ3) is 4.80. The monoisotopic (exact) mass is 409 g/mol. The molecular formula is C22H16ClNO5. The molecule has 0 atom stereocenters. The summed E-state index contributed by atoms with van der Waals surface area (Å²) in [4.78, 5) is 36.4. The van der Waals surface area contributed by atoms with Crippen LogP contribution < -0.4 is 10.9 Å². The standard InChI is InChI=1S/C22H16ClNO5/c1-13-11-19(26)20(22(28)29-13)18(25)10-9-14-5-4-6-15(12-14)24-21(27)16-7-2-3-8-17(16)23/h2-12,26H,1H3,(H,24,27)/b10-9+. The molecule has 146 valence electrons. The Bertz CT molecular complexity index is 1180. The summed E-state index contributed by atoms with van der Waals surface area (Å²) in [6.07, 6.45) is 2.61. The van der Waals surface area contributed by atoms with Gasteiger partial charge in [0, 0.05) is 11.8 Å². The molecule has 1 amide bonds. The second-order valence-corrected chi connectivity index (χ2v) is 6.57. The van der Waals surface area contributed by atoms with Crippen molar-refractivity contribution in [3.63, 3.8) is 0 Å². The van der Waals surface area contributed by atoms with Gasteiger partial charge in [-0.2, -0.15) is 0 Å². The number of halogens is 1. The van der Waals surface area contributed by atoms with Crippen molar-refractivity contribution in [2.75, 3.05) is 5.32 Å². The molecule has 0 spiro atoms. The van der Waals surface area contributed by atoms with Crippen LogP contribution in [0.25, 0.3) is 6.08 Å². The molecule has 7 heteroatoms. The number of aromatic hydroxyl groups is 1. The van der Waals surface area contributed by atoms with Crippen LogP contribution in [-0.2, 0) is 0 Å². The first-order valence-electron chi connectivity index (χ1n) is 8.57. The Kier molecular flexibility index (Phi) is 5.95. The number of hydrogen-bond acceptors (Lipinski definition) is 5. The lowest BCUT2D eigenvalue weighted by Gasteiger charge is -2.07. The van der Waals surface area contributed by atoms with Crippen LogP contribution in [0.1, 0.15) is 32.0 Å². The molecule has 0 radical (unpaired) electrons. The number of carbonyl (C=O) groups is 2. The van der Waals surface area contributed by atoms with Gasteiger partial charge in [-0.3, -0.25) is 9.59 Å². The highest BCUT2D eigenvalue weighted by molar-refractivity contribution is 6.34. The molecule has 3 rings (SSSR count). The first kappa shape index (κ1) is 20.1. The normalized spacial score (nSPS) is 10.8. The van der Waals surface area contributed by atoms with Gasteiger partial charge in [0.15, 0.2) is 5.78 Å². The maximum absolute atomic E-state index is 12.4.